The molecule has 3 N–H and O–H groups in total. The Balaban J connectivity index is 2.17. The Labute approximate surface area is 127 Å². The molecule has 20 heavy (non-hydrogen) atoms. The fourth-order valence-electron chi connectivity index (χ4n) is 1.51. The molecule has 0 amide bonds. The van der Waals surface area contributed by atoms with Crippen LogP contribution in [0.3, 0.4) is 0 Å². The molecule has 1 heterocycles. The fraction of sp³-hybridized carbons (Fsp3) is 0.231. The molecular weight excluding hydrogens is 297 g/mol. The predicted octanol–water partition coefficient (Wildman–Crippen LogP) is 4.00. The average Bonchev–Trinajstić information content (AvgIpc) is 2.86. The molecule has 0 aliphatic rings. The van der Waals surface area contributed by atoms with Gasteiger partial charge in [0, 0.05) is 24.1 Å². The summed E-state index contributed by atoms with van der Waals surface area (Å²) in [7, 11) is 0. The largest absolute Gasteiger partial charge is 0.331 e. The van der Waals surface area contributed by atoms with Crippen LogP contribution in [0.2, 0.25) is 10.0 Å². The SMILES string of the molecule is CC(C)/N=C(\Nc1ccc(Cl)c(Cl)c1)Nc1ncc[nH]1. The monoisotopic (exact) mass is 311 g/mol. The number of aromatic nitrogens is 2. The number of anilines is 2. The zero-order valence-corrected chi connectivity index (χ0v) is 12.6. The van der Waals surface area contributed by atoms with Crippen molar-refractivity contribution in [1.82, 2.24) is 9.97 Å². The quantitative estimate of drug-likeness (QED) is 0.593. The molecule has 0 bridgehead atoms. The van der Waals surface area contributed by atoms with E-state index in [4.69, 9.17) is 23.2 Å². The standard InChI is InChI=1S/C13H15Cl2N5/c1-8(2)18-13(20-12-16-5-6-17-12)19-9-3-4-10(14)11(15)7-9/h3-8H,1-2H3,(H3,16,17,18,19,20). The third-order valence-corrected chi connectivity index (χ3v) is 3.04. The molecule has 0 aliphatic carbocycles. The third kappa shape index (κ3) is 4.15. The van der Waals surface area contributed by atoms with Gasteiger partial charge in [-0.2, -0.15) is 0 Å². The highest BCUT2D eigenvalue weighted by Crippen LogP contribution is 2.25. The molecule has 2 rings (SSSR count). The van der Waals surface area contributed by atoms with Crippen LogP contribution in [0.1, 0.15) is 13.8 Å². The summed E-state index contributed by atoms with van der Waals surface area (Å²) in [6.45, 7) is 3.97. The van der Waals surface area contributed by atoms with Crippen LogP contribution >= 0.6 is 23.2 Å². The molecule has 5 nitrogen and oxygen atoms in total. The first kappa shape index (κ1) is 14.7. The van der Waals surface area contributed by atoms with Gasteiger partial charge in [0.25, 0.3) is 0 Å². The zero-order valence-electron chi connectivity index (χ0n) is 11.1. The van der Waals surface area contributed by atoms with E-state index in [1.54, 1.807) is 24.5 Å². The van der Waals surface area contributed by atoms with Crippen LogP contribution in [-0.2, 0) is 0 Å². The summed E-state index contributed by atoms with van der Waals surface area (Å²) >= 11 is 11.9. The molecular formula is C13H15Cl2N5. The summed E-state index contributed by atoms with van der Waals surface area (Å²) in [5, 5.41) is 7.22. The number of halogens is 2. The average molecular weight is 312 g/mol. The minimum absolute atomic E-state index is 0.128. The summed E-state index contributed by atoms with van der Waals surface area (Å²) < 4.78 is 0. The first-order chi connectivity index (χ1) is 9.54. The van der Waals surface area contributed by atoms with Crippen LogP contribution in [0.4, 0.5) is 11.6 Å². The number of nitrogens with zero attached hydrogens (tertiary/aromatic N) is 2. The third-order valence-electron chi connectivity index (χ3n) is 2.30. The predicted molar refractivity (Wildman–Crippen MR) is 84.9 cm³/mol. The van der Waals surface area contributed by atoms with Gasteiger partial charge in [-0.3, -0.25) is 5.32 Å². The normalized spacial score (nSPS) is 11.8. The Morgan fingerprint density at radius 1 is 1.25 bits per heavy atom. The van der Waals surface area contributed by atoms with Gasteiger partial charge < -0.3 is 10.3 Å². The van der Waals surface area contributed by atoms with Gasteiger partial charge in [-0.1, -0.05) is 23.2 Å². The summed E-state index contributed by atoms with van der Waals surface area (Å²) in [6.07, 6.45) is 3.39. The molecule has 2 aromatic rings. The van der Waals surface area contributed by atoms with Gasteiger partial charge in [0.2, 0.25) is 11.9 Å². The van der Waals surface area contributed by atoms with Crippen molar-refractivity contribution in [1.29, 1.82) is 0 Å². The maximum absolute atomic E-state index is 6.00. The smallest absolute Gasteiger partial charge is 0.206 e. The molecule has 0 spiro atoms. The number of aromatic amines is 1. The van der Waals surface area contributed by atoms with Crippen LogP contribution in [0.15, 0.2) is 35.6 Å². The van der Waals surface area contributed by atoms with Gasteiger partial charge in [0.15, 0.2) is 0 Å². The van der Waals surface area contributed by atoms with E-state index < -0.39 is 0 Å². The number of hydrogen-bond acceptors (Lipinski definition) is 2. The molecule has 0 radical (unpaired) electrons. The zero-order chi connectivity index (χ0) is 14.5. The van der Waals surface area contributed by atoms with Crippen molar-refractivity contribution in [2.75, 3.05) is 10.6 Å². The van der Waals surface area contributed by atoms with Gasteiger partial charge in [-0.05, 0) is 32.0 Å². The fourth-order valence-corrected chi connectivity index (χ4v) is 1.81. The number of hydrogen-bond donors (Lipinski definition) is 3. The topological polar surface area (TPSA) is 65.1 Å². The van der Waals surface area contributed by atoms with E-state index in [0.29, 0.717) is 22.0 Å². The molecule has 0 saturated heterocycles. The second-order valence-electron chi connectivity index (χ2n) is 4.39. The van der Waals surface area contributed by atoms with Crippen LogP contribution in [0.25, 0.3) is 0 Å². The van der Waals surface area contributed by atoms with E-state index >= 15 is 0 Å². The lowest BCUT2D eigenvalue weighted by Gasteiger charge is -2.12. The molecule has 7 heteroatoms. The van der Waals surface area contributed by atoms with Crippen LogP contribution < -0.4 is 10.6 Å². The number of guanidine groups is 1. The minimum Gasteiger partial charge on any atom is -0.331 e. The summed E-state index contributed by atoms with van der Waals surface area (Å²) in [6, 6.07) is 5.42. The number of nitrogens with one attached hydrogen (secondary N) is 3. The van der Waals surface area contributed by atoms with E-state index in [-0.39, 0.29) is 6.04 Å². The van der Waals surface area contributed by atoms with Crippen LogP contribution in [0, 0.1) is 0 Å². The van der Waals surface area contributed by atoms with Gasteiger partial charge in [-0.25, -0.2) is 9.98 Å². The van der Waals surface area contributed by atoms with E-state index in [9.17, 15) is 0 Å². The van der Waals surface area contributed by atoms with E-state index in [2.05, 4.69) is 25.6 Å². The molecule has 1 aromatic heterocycles. The Morgan fingerprint density at radius 3 is 2.65 bits per heavy atom. The Bertz CT molecular complexity index is 593. The first-order valence-corrected chi connectivity index (χ1v) is 6.86. The van der Waals surface area contributed by atoms with Crippen molar-refractivity contribution in [3.63, 3.8) is 0 Å². The lowest BCUT2D eigenvalue weighted by atomic mass is 10.3. The number of aliphatic imine (C=N–C) groups is 1. The van der Waals surface area contributed by atoms with Crippen LogP contribution in [-0.4, -0.2) is 22.0 Å². The molecule has 1 aromatic carbocycles. The second kappa shape index (κ2) is 6.63. The molecule has 0 aliphatic heterocycles. The lowest BCUT2D eigenvalue weighted by molar-refractivity contribution is 0.835. The molecule has 0 unspecified atom stereocenters. The maximum Gasteiger partial charge on any atom is 0.206 e. The van der Waals surface area contributed by atoms with Gasteiger partial charge >= 0.3 is 0 Å². The Kier molecular flexibility index (Phi) is 4.87. The maximum atomic E-state index is 6.00. The first-order valence-electron chi connectivity index (χ1n) is 6.11. The molecule has 106 valence electrons. The van der Waals surface area contributed by atoms with E-state index in [1.165, 1.54) is 0 Å². The van der Waals surface area contributed by atoms with Crippen molar-refractivity contribution in [3.8, 4) is 0 Å². The highest BCUT2D eigenvalue weighted by atomic mass is 35.5. The van der Waals surface area contributed by atoms with Gasteiger partial charge in [0.05, 0.1) is 10.0 Å². The second-order valence-corrected chi connectivity index (χ2v) is 5.20. The van der Waals surface area contributed by atoms with Crippen LogP contribution in [0.5, 0.6) is 0 Å². The highest BCUT2D eigenvalue weighted by Gasteiger charge is 2.05. The van der Waals surface area contributed by atoms with Crippen molar-refractivity contribution >= 4 is 40.8 Å². The number of rotatable bonds is 3. The Morgan fingerprint density at radius 2 is 2.05 bits per heavy atom. The van der Waals surface area contributed by atoms with Crippen molar-refractivity contribution in [2.45, 2.75) is 19.9 Å². The van der Waals surface area contributed by atoms with Crippen molar-refractivity contribution in [2.24, 2.45) is 4.99 Å². The number of imidazole rings is 1. The van der Waals surface area contributed by atoms with Crippen molar-refractivity contribution in [3.05, 3.63) is 40.6 Å². The highest BCUT2D eigenvalue weighted by molar-refractivity contribution is 6.42. The van der Waals surface area contributed by atoms with Gasteiger partial charge in [-0.15, -0.1) is 0 Å². The van der Waals surface area contributed by atoms with Gasteiger partial charge in [0.1, 0.15) is 0 Å². The van der Waals surface area contributed by atoms with E-state index in [1.807, 2.05) is 19.9 Å². The number of H-pyrrole nitrogens is 1. The summed E-state index contributed by atoms with van der Waals surface area (Å²) in [5.41, 5.74) is 0.790. The Hall–Kier alpha value is -1.72. The van der Waals surface area contributed by atoms with E-state index in [0.717, 1.165) is 5.69 Å². The summed E-state index contributed by atoms with van der Waals surface area (Å²) in [4.78, 5) is 11.5. The minimum atomic E-state index is 0.128. The van der Waals surface area contributed by atoms with Crippen molar-refractivity contribution < 1.29 is 0 Å². The number of benzene rings is 1. The molecule has 0 atom stereocenters. The molecule has 0 fully saturated rings. The summed E-state index contributed by atoms with van der Waals surface area (Å²) in [5.74, 6) is 1.19. The lowest BCUT2D eigenvalue weighted by Crippen LogP contribution is -2.24. The molecule has 0 saturated carbocycles.